The Labute approximate surface area is 176 Å². The molecule has 0 spiro atoms. The van der Waals surface area contributed by atoms with Crippen LogP contribution in [0.2, 0.25) is 0 Å². The van der Waals surface area contributed by atoms with Gasteiger partial charge in [0, 0.05) is 11.3 Å². The van der Waals surface area contributed by atoms with Crippen LogP contribution >= 0.6 is 11.8 Å². The minimum Gasteiger partial charge on any atom is -0.411 e. The number of anilines is 1. The van der Waals surface area contributed by atoms with Gasteiger partial charge in [0.2, 0.25) is 11.8 Å². The Hall–Kier alpha value is -2.60. The van der Waals surface area contributed by atoms with Crippen molar-refractivity contribution < 1.29 is 9.21 Å². The molecule has 5 nitrogen and oxygen atoms in total. The third kappa shape index (κ3) is 5.26. The van der Waals surface area contributed by atoms with E-state index in [2.05, 4.69) is 48.4 Å². The molecule has 0 saturated heterocycles. The van der Waals surface area contributed by atoms with Crippen LogP contribution in [0, 0.1) is 13.8 Å². The Balaban J connectivity index is 1.66. The van der Waals surface area contributed by atoms with Crippen molar-refractivity contribution in [3.8, 4) is 11.5 Å². The second kappa shape index (κ2) is 8.41. The molecular weight excluding hydrogens is 382 g/mol. The van der Waals surface area contributed by atoms with E-state index in [-0.39, 0.29) is 16.6 Å². The molecular formula is C23H27N3O2S. The quantitative estimate of drug-likeness (QED) is 0.542. The topological polar surface area (TPSA) is 68.0 Å². The molecule has 0 aliphatic carbocycles. The largest absolute Gasteiger partial charge is 0.411 e. The van der Waals surface area contributed by atoms with Crippen LogP contribution in [-0.4, -0.2) is 21.4 Å². The molecule has 0 saturated carbocycles. The Morgan fingerprint density at radius 2 is 1.76 bits per heavy atom. The maximum Gasteiger partial charge on any atom is 0.277 e. The van der Waals surface area contributed by atoms with Gasteiger partial charge in [-0.3, -0.25) is 4.79 Å². The lowest BCUT2D eigenvalue weighted by Crippen LogP contribution is -2.22. The van der Waals surface area contributed by atoms with Gasteiger partial charge in [-0.15, -0.1) is 10.2 Å². The predicted molar refractivity (Wildman–Crippen MR) is 118 cm³/mol. The lowest BCUT2D eigenvalue weighted by Gasteiger charge is -2.18. The minimum absolute atomic E-state index is 0.0901. The number of amides is 1. The van der Waals surface area contributed by atoms with E-state index in [0.29, 0.717) is 11.1 Å². The number of thioether (sulfide) groups is 1. The van der Waals surface area contributed by atoms with E-state index in [9.17, 15) is 4.79 Å². The molecule has 3 rings (SSSR count). The molecule has 1 heterocycles. The molecule has 0 aliphatic rings. The van der Waals surface area contributed by atoms with Crippen LogP contribution in [0.1, 0.15) is 44.4 Å². The number of benzene rings is 2. The van der Waals surface area contributed by atoms with Crippen LogP contribution in [-0.2, 0) is 10.2 Å². The number of rotatable bonds is 5. The summed E-state index contributed by atoms with van der Waals surface area (Å²) in [7, 11) is 0. The van der Waals surface area contributed by atoms with E-state index >= 15 is 0 Å². The Morgan fingerprint density at radius 1 is 1.07 bits per heavy atom. The van der Waals surface area contributed by atoms with E-state index in [0.717, 1.165) is 22.4 Å². The first-order chi connectivity index (χ1) is 13.6. The highest BCUT2D eigenvalue weighted by molar-refractivity contribution is 8.00. The second-order valence-corrected chi connectivity index (χ2v) is 9.56. The third-order valence-electron chi connectivity index (χ3n) is 4.70. The highest BCUT2D eigenvalue weighted by Gasteiger charge is 2.20. The predicted octanol–water partition coefficient (Wildman–Crippen LogP) is 5.77. The summed E-state index contributed by atoms with van der Waals surface area (Å²) in [6.45, 7) is 12.3. The average Bonchev–Trinajstić information content (AvgIpc) is 3.12. The van der Waals surface area contributed by atoms with Crippen molar-refractivity contribution in [3.63, 3.8) is 0 Å². The zero-order valence-electron chi connectivity index (χ0n) is 17.7. The molecule has 6 heteroatoms. The molecule has 0 aliphatic heterocycles. The van der Waals surface area contributed by atoms with E-state index in [1.165, 1.54) is 17.3 Å². The lowest BCUT2D eigenvalue weighted by atomic mass is 9.87. The molecule has 0 radical (unpaired) electrons. The molecule has 1 N–H and O–H groups in total. The number of aromatic nitrogens is 2. The molecule has 29 heavy (non-hydrogen) atoms. The SMILES string of the molecule is Cc1ccc(C)c(NC(=O)[C@H](C)Sc2nnc(-c3ccc(C(C)(C)C)cc3)o2)c1. The molecule has 0 unspecified atom stereocenters. The number of nitrogens with zero attached hydrogens (tertiary/aromatic N) is 2. The summed E-state index contributed by atoms with van der Waals surface area (Å²) in [5.41, 5.74) is 5.15. The van der Waals surface area contributed by atoms with E-state index in [1.54, 1.807) is 0 Å². The Kier molecular flexibility index (Phi) is 6.13. The summed E-state index contributed by atoms with van der Waals surface area (Å²) >= 11 is 1.25. The highest BCUT2D eigenvalue weighted by atomic mass is 32.2. The van der Waals surface area contributed by atoms with Gasteiger partial charge in [-0.25, -0.2) is 0 Å². The van der Waals surface area contributed by atoms with Crippen molar-refractivity contribution in [3.05, 3.63) is 59.2 Å². The van der Waals surface area contributed by atoms with E-state index in [1.807, 2.05) is 51.1 Å². The molecule has 1 aromatic heterocycles. The van der Waals surface area contributed by atoms with E-state index in [4.69, 9.17) is 4.42 Å². The zero-order chi connectivity index (χ0) is 21.2. The number of carbonyl (C=O) groups is 1. The second-order valence-electron chi connectivity index (χ2n) is 8.27. The van der Waals surface area contributed by atoms with Crippen LogP contribution in [0.4, 0.5) is 5.69 Å². The molecule has 1 atom stereocenters. The van der Waals surface area contributed by atoms with Crippen LogP contribution in [0.3, 0.4) is 0 Å². The van der Waals surface area contributed by atoms with E-state index < -0.39 is 0 Å². The zero-order valence-corrected chi connectivity index (χ0v) is 18.6. The van der Waals surface area contributed by atoms with Gasteiger partial charge >= 0.3 is 0 Å². The molecule has 0 fully saturated rings. The van der Waals surface area contributed by atoms with Crippen LogP contribution < -0.4 is 5.32 Å². The van der Waals surface area contributed by atoms with Crippen molar-refractivity contribution in [2.45, 2.75) is 57.4 Å². The fourth-order valence-electron chi connectivity index (χ4n) is 2.80. The van der Waals surface area contributed by atoms with Gasteiger partial charge in [-0.2, -0.15) is 0 Å². The first-order valence-electron chi connectivity index (χ1n) is 9.62. The fourth-order valence-corrected chi connectivity index (χ4v) is 3.48. The van der Waals surface area contributed by atoms with Crippen molar-refractivity contribution in [2.75, 3.05) is 5.32 Å². The van der Waals surface area contributed by atoms with Crippen LogP contribution in [0.15, 0.2) is 52.1 Å². The maximum atomic E-state index is 12.6. The smallest absolute Gasteiger partial charge is 0.277 e. The first kappa shape index (κ1) is 21.1. The van der Waals surface area contributed by atoms with Gasteiger partial charge in [-0.05, 0) is 61.1 Å². The number of aryl methyl sites for hydroxylation is 2. The summed E-state index contributed by atoms with van der Waals surface area (Å²) < 4.78 is 5.77. The average molecular weight is 410 g/mol. The van der Waals surface area contributed by atoms with Gasteiger partial charge in [0.1, 0.15) is 0 Å². The number of nitrogens with one attached hydrogen (secondary N) is 1. The van der Waals surface area contributed by atoms with Crippen molar-refractivity contribution >= 4 is 23.4 Å². The lowest BCUT2D eigenvalue weighted by molar-refractivity contribution is -0.115. The highest BCUT2D eigenvalue weighted by Crippen LogP contribution is 2.29. The molecule has 0 bridgehead atoms. The number of carbonyl (C=O) groups excluding carboxylic acids is 1. The number of hydrogen-bond acceptors (Lipinski definition) is 5. The van der Waals surface area contributed by atoms with Gasteiger partial charge in [0.25, 0.3) is 5.22 Å². The van der Waals surface area contributed by atoms with Gasteiger partial charge in [0.05, 0.1) is 5.25 Å². The monoisotopic (exact) mass is 409 g/mol. The summed E-state index contributed by atoms with van der Waals surface area (Å²) in [6.07, 6.45) is 0. The normalized spacial score (nSPS) is 12.6. The first-order valence-corrected chi connectivity index (χ1v) is 10.5. The van der Waals surface area contributed by atoms with Crippen LogP contribution in [0.25, 0.3) is 11.5 Å². The summed E-state index contributed by atoms with van der Waals surface area (Å²) in [6, 6.07) is 14.1. The molecule has 1 amide bonds. The Bertz CT molecular complexity index is 1000. The van der Waals surface area contributed by atoms with Gasteiger partial charge in [0.15, 0.2) is 0 Å². The van der Waals surface area contributed by atoms with Crippen LogP contribution in [0.5, 0.6) is 0 Å². The fraction of sp³-hybridized carbons (Fsp3) is 0.348. The van der Waals surface area contributed by atoms with Gasteiger partial charge in [-0.1, -0.05) is 56.8 Å². The third-order valence-corrected chi connectivity index (χ3v) is 5.64. The summed E-state index contributed by atoms with van der Waals surface area (Å²) in [5, 5.41) is 11.2. The molecule has 3 aromatic rings. The van der Waals surface area contributed by atoms with Crippen molar-refractivity contribution in [1.29, 1.82) is 0 Å². The summed E-state index contributed by atoms with van der Waals surface area (Å²) in [4.78, 5) is 12.6. The number of hydrogen-bond donors (Lipinski definition) is 1. The van der Waals surface area contributed by atoms with Crippen molar-refractivity contribution in [1.82, 2.24) is 10.2 Å². The molecule has 152 valence electrons. The Morgan fingerprint density at radius 3 is 2.41 bits per heavy atom. The summed E-state index contributed by atoms with van der Waals surface area (Å²) in [5.74, 6) is 0.355. The maximum absolute atomic E-state index is 12.6. The van der Waals surface area contributed by atoms with Gasteiger partial charge < -0.3 is 9.73 Å². The molecule has 2 aromatic carbocycles. The standard InChI is InChI=1S/C23H27N3O2S/c1-14-7-8-15(2)19(13-14)24-20(27)16(3)29-22-26-25-21(28-22)17-9-11-18(12-10-17)23(4,5)6/h7-13,16H,1-6H3,(H,24,27)/t16-/m0/s1. The minimum atomic E-state index is -0.369. The van der Waals surface area contributed by atoms with Crippen molar-refractivity contribution in [2.24, 2.45) is 0 Å².